The number of aromatic amines is 1. The number of H-pyrrole nitrogens is 1. The van der Waals surface area contributed by atoms with Gasteiger partial charge in [-0.25, -0.2) is 0 Å². The number of hydrogen-bond donors (Lipinski definition) is 2. The maximum absolute atomic E-state index is 12.6. The van der Waals surface area contributed by atoms with E-state index in [4.69, 9.17) is 4.74 Å². The first kappa shape index (κ1) is 22.8. The van der Waals surface area contributed by atoms with E-state index in [0.29, 0.717) is 46.1 Å². The third-order valence-electron chi connectivity index (χ3n) is 5.60. The molecule has 1 amide bonds. The first-order valence-electron chi connectivity index (χ1n) is 10.5. The van der Waals surface area contributed by atoms with Crippen molar-refractivity contribution in [2.45, 2.75) is 32.0 Å². The maximum Gasteiger partial charge on any atom is 0.406 e. The molecule has 1 aromatic carbocycles. The maximum atomic E-state index is 12.6. The fourth-order valence-electron chi connectivity index (χ4n) is 4.05. The van der Waals surface area contributed by atoms with Crippen LogP contribution >= 0.6 is 0 Å². The average molecular weight is 463 g/mol. The Labute approximate surface area is 187 Å². The Morgan fingerprint density at radius 1 is 1.36 bits per heavy atom. The van der Waals surface area contributed by atoms with Crippen molar-refractivity contribution in [2.24, 2.45) is 0 Å². The van der Waals surface area contributed by atoms with Crippen LogP contribution in [0.15, 0.2) is 35.3 Å². The largest absolute Gasteiger partial charge is 0.406 e. The fraction of sp³-hybridized carbons (Fsp3) is 0.409. The molecule has 1 aliphatic rings. The number of alkyl halides is 3. The van der Waals surface area contributed by atoms with Gasteiger partial charge in [0.1, 0.15) is 11.9 Å². The van der Waals surface area contributed by atoms with Crippen LogP contribution in [0.25, 0.3) is 10.9 Å². The topological polar surface area (TPSA) is 92.2 Å². The second kappa shape index (κ2) is 8.89. The van der Waals surface area contributed by atoms with Gasteiger partial charge in [-0.05, 0) is 49.6 Å². The summed E-state index contributed by atoms with van der Waals surface area (Å²) < 4.78 is 45.3. The van der Waals surface area contributed by atoms with Crippen LogP contribution < -0.4 is 10.9 Å². The number of nitrogens with zero attached hydrogens (tertiary/aromatic N) is 3. The number of aryl methyl sites for hydroxylation is 1. The Bertz CT molecular complexity index is 1230. The van der Waals surface area contributed by atoms with E-state index in [0.717, 1.165) is 19.9 Å². The van der Waals surface area contributed by atoms with Gasteiger partial charge >= 0.3 is 6.18 Å². The molecule has 176 valence electrons. The third-order valence-corrected chi connectivity index (χ3v) is 5.60. The van der Waals surface area contributed by atoms with E-state index in [9.17, 15) is 22.8 Å². The number of pyridine rings is 1. The van der Waals surface area contributed by atoms with E-state index < -0.39 is 18.6 Å². The van der Waals surface area contributed by atoms with Crippen LogP contribution in [0.1, 0.15) is 34.8 Å². The number of carbonyl (C=O) groups is 1. The molecule has 1 unspecified atom stereocenters. The molecule has 2 N–H and O–H groups in total. The standard InChI is InChI=1S/C22H24F3N5O3/c1-13-10-14(5-6-16(13)21(32)29(2)12-22(23,24)25)27-19-18-17(7-8-26-20(18)31)30(28-19)15-4-3-9-33-11-15/h5-8,10,15H,3-4,9,11-12H2,1-2H3,(H,26,31)(H,27,28). The number of amides is 1. The fourth-order valence-corrected chi connectivity index (χ4v) is 4.05. The highest BCUT2D eigenvalue weighted by Gasteiger charge is 2.32. The molecule has 3 heterocycles. The average Bonchev–Trinajstić information content (AvgIpc) is 3.12. The van der Waals surface area contributed by atoms with Crippen LogP contribution in [0.2, 0.25) is 0 Å². The molecule has 0 spiro atoms. The van der Waals surface area contributed by atoms with Gasteiger partial charge in [0, 0.05) is 31.1 Å². The SMILES string of the molecule is Cc1cc(Nc2nn(C3CCCOC3)c3cc[nH]c(=O)c23)ccc1C(=O)N(C)CC(F)(F)F. The van der Waals surface area contributed by atoms with Crippen LogP contribution in [0, 0.1) is 6.92 Å². The molecule has 1 saturated heterocycles. The van der Waals surface area contributed by atoms with Gasteiger partial charge < -0.3 is 19.9 Å². The van der Waals surface area contributed by atoms with E-state index in [1.165, 1.54) is 6.07 Å². The highest BCUT2D eigenvalue weighted by atomic mass is 19.4. The van der Waals surface area contributed by atoms with E-state index in [1.807, 2.05) is 0 Å². The predicted molar refractivity (Wildman–Crippen MR) is 117 cm³/mol. The second-order valence-corrected chi connectivity index (χ2v) is 8.16. The molecule has 1 aliphatic heterocycles. The van der Waals surface area contributed by atoms with Gasteiger partial charge in [-0.1, -0.05) is 0 Å². The van der Waals surface area contributed by atoms with Crippen LogP contribution in [-0.2, 0) is 4.74 Å². The number of fused-ring (bicyclic) bond motifs is 1. The van der Waals surface area contributed by atoms with Crippen LogP contribution in [0.5, 0.6) is 0 Å². The van der Waals surface area contributed by atoms with E-state index in [1.54, 1.807) is 36.0 Å². The number of aromatic nitrogens is 3. The molecule has 0 aliphatic carbocycles. The Morgan fingerprint density at radius 3 is 2.82 bits per heavy atom. The molecule has 1 fully saturated rings. The third kappa shape index (κ3) is 4.87. The highest BCUT2D eigenvalue weighted by molar-refractivity contribution is 5.96. The molecule has 0 saturated carbocycles. The van der Waals surface area contributed by atoms with Gasteiger partial charge in [0.2, 0.25) is 0 Å². The molecule has 33 heavy (non-hydrogen) atoms. The monoisotopic (exact) mass is 463 g/mol. The van der Waals surface area contributed by atoms with Crippen molar-refractivity contribution in [1.29, 1.82) is 0 Å². The number of hydrogen-bond acceptors (Lipinski definition) is 5. The van der Waals surface area contributed by atoms with Gasteiger partial charge in [0.25, 0.3) is 11.5 Å². The molecule has 1 atom stereocenters. The zero-order valence-corrected chi connectivity index (χ0v) is 18.2. The number of benzene rings is 1. The number of nitrogens with one attached hydrogen (secondary N) is 2. The van der Waals surface area contributed by atoms with Crippen molar-refractivity contribution in [3.8, 4) is 0 Å². The summed E-state index contributed by atoms with van der Waals surface area (Å²) in [6.45, 7) is 1.51. The summed E-state index contributed by atoms with van der Waals surface area (Å²) in [5.41, 5.74) is 1.60. The first-order valence-corrected chi connectivity index (χ1v) is 10.5. The van der Waals surface area contributed by atoms with Crippen molar-refractivity contribution in [2.75, 3.05) is 32.1 Å². The molecule has 11 heteroatoms. The smallest absolute Gasteiger partial charge is 0.379 e. The number of carbonyl (C=O) groups excluding carboxylic acids is 1. The van der Waals surface area contributed by atoms with Gasteiger partial charge in [-0.2, -0.15) is 18.3 Å². The molecule has 0 bridgehead atoms. The minimum Gasteiger partial charge on any atom is -0.379 e. The number of halogens is 3. The van der Waals surface area contributed by atoms with Gasteiger partial charge in [0.15, 0.2) is 5.82 Å². The summed E-state index contributed by atoms with van der Waals surface area (Å²) in [6, 6.07) is 6.47. The van der Waals surface area contributed by atoms with Crippen LogP contribution in [0.3, 0.4) is 0 Å². The molecular formula is C22H24F3N5O3. The van der Waals surface area contributed by atoms with Crippen molar-refractivity contribution < 1.29 is 22.7 Å². The lowest BCUT2D eigenvalue weighted by Gasteiger charge is -2.23. The van der Waals surface area contributed by atoms with E-state index in [2.05, 4.69) is 15.4 Å². The Kier molecular flexibility index (Phi) is 6.15. The van der Waals surface area contributed by atoms with Crippen molar-refractivity contribution in [1.82, 2.24) is 19.7 Å². The lowest BCUT2D eigenvalue weighted by Crippen LogP contribution is -2.36. The predicted octanol–water partition coefficient (Wildman–Crippen LogP) is 3.76. The van der Waals surface area contributed by atoms with Crippen molar-refractivity contribution in [3.63, 3.8) is 0 Å². The minimum absolute atomic E-state index is 0.00417. The zero-order chi connectivity index (χ0) is 23.8. The molecule has 8 nitrogen and oxygen atoms in total. The summed E-state index contributed by atoms with van der Waals surface area (Å²) >= 11 is 0. The van der Waals surface area contributed by atoms with Crippen molar-refractivity contribution in [3.05, 3.63) is 51.9 Å². The quantitative estimate of drug-likeness (QED) is 0.601. The summed E-state index contributed by atoms with van der Waals surface area (Å²) in [5, 5.41) is 8.15. The summed E-state index contributed by atoms with van der Waals surface area (Å²) in [6.07, 6.45) is -1.13. The van der Waals surface area contributed by atoms with Crippen molar-refractivity contribution >= 4 is 28.3 Å². The summed E-state index contributed by atoms with van der Waals surface area (Å²) in [5.74, 6) is -0.370. The highest BCUT2D eigenvalue weighted by Crippen LogP contribution is 2.29. The lowest BCUT2D eigenvalue weighted by atomic mass is 10.1. The number of anilines is 2. The van der Waals surface area contributed by atoms with Gasteiger partial charge in [-0.15, -0.1) is 0 Å². The normalized spacial score (nSPS) is 16.7. The van der Waals surface area contributed by atoms with E-state index in [-0.39, 0.29) is 17.2 Å². The Balaban J connectivity index is 1.63. The van der Waals surface area contributed by atoms with Gasteiger partial charge in [0.05, 0.1) is 18.2 Å². The van der Waals surface area contributed by atoms with Crippen LogP contribution in [0.4, 0.5) is 24.7 Å². The zero-order valence-electron chi connectivity index (χ0n) is 18.2. The summed E-state index contributed by atoms with van der Waals surface area (Å²) in [4.78, 5) is 28.3. The second-order valence-electron chi connectivity index (χ2n) is 8.16. The summed E-state index contributed by atoms with van der Waals surface area (Å²) in [7, 11) is 1.11. The minimum atomic E-state index is -4.48. The van der Waals surface area contributed by atoms with Gasteiger partial charge in [-0.3, -0.25) is 14.3 Å². The Morgan fingerprint density at radius 2 is 2.15 bits per heavy atom. The Hall–Kier alpha value is -3.34. The van der Waals surface area contributed by atoms with Crippen LogP contribution in [-0.4, -0.2) is 58.6 Å². The molecular weight excluding hydrogens is 439 g/mol. The number of rotatable bonds is 5. The first-order chi connectivity index (χ1) is 15.6. The molecule has 0 radical (unpaired) electrons. The molecule has 3 aromatic rings. The molecule has 4 rings (SSSR count). The lowest BCUT2D eigenvalue weighted by molar-refractivity contribution is -0.138. The number of ether oxygens (including phenoxy) is 1. The molecule has 2 aromatic heterocycles. The van der Waals surface area contributed by atoms with E-state index >= 15 is 0 Å².